The number of benzene rings is 1. The van der Waals surface area contributed by atoms with E-state index in [4.69, 9.17) is 9.47 Å². The largest absolute Gasteiger partial charge is 0.493 e. The van der Waals surface area contributed by atoms with Gasteiger partial charge in [-0.15, -0.1) is 0 Å². The fraction of sp³-hybridized carbons (Fsp3) is 0.611. The van der Waals surface area contributed by atoms with Gasteiger partial charge in [0.05, 0.1) is 19.8 Å². The molecule has 148 valence electrons. The third-order valence-corrected chi connectivity index (χ3v) is 3.28. The molecule has 8 heteroatoms. The minimum Gasteiger partial charge on any atom is -0.493 e. The first-order valence-corrected chi connectivity index (χ1v) is 8.74. The van der Waals surface area contributed by atoms with Crippen LogP contribution in [0.25, 0.3) is 0 Å². The lowest BCUT2D eigenvalue weighted by Gasteiger charge is -2.17. The Bertz CT molecular complexity index is 556. The van der Waals surface area contributed by atoms with E-state index in [0.717, 1.165) is 6.42 Å². The van der Waals surface area contributed by atoms with Crippen LogP contribution >= 0.6 is 0 Å². The summed E-state index contributed by atoms with van der Waals surface area (Å²) in [6.07, 6.45) is 0.828. The zero-order valence-corrected chi connectivity index (χ0v) is 15.9. The molecule has 1 atom stereocenters. The van der Waals surface area contributed by atoms with Gasteiger partial charge < -0.3 is 24.8 Å². The standard InChI is InChI=1S/C18H29F2N3O3/c1-5-9-25-15-8-7-14(16(10-15)26-17(19)20)11-22-18(21-6-2)23-13(3)12-24-4/h7-8,10,13,17H,5-6,9,11-12H2,1-4H3,(H2,21,22,23). The number of halogens is 2. The monoisotopic (exact) mass is 373 g/mol. The van der Waals surface area contributed by atoms with Gasteiger partial charge in [0.15, 0.2) is 5.96 Å². The van der Waals surface area contributed by atoms with Crippen molar-refractivity contribution in [3.63, 3.8) is 0 Å². The maximum atomic E-state index is 12.7. The van der Waals surface area contributed by atoms with Gasteiger partial charge in [-0.05, 0) is 32.4 Å². The van der Waals surface area contributed by atoms with Gasteiger partial charge in [0.2, 0.25) is 0 Å². The van der Waals surface area contributed by atoms with Gasteiger partial charge in [-0.25, -0.2) is 4.99 Å². The number of ether oxygens (including phenoxy) is 3. The summed E-state index contributed by atoms with van der Waals surface area (Å²) in [6, 6.07) is 4.95. The second-order valence-electron chi connectivity index (χ2n) is 5.69. The molecule has 0 amide bonds. The molecular weight excluding hydrogens is 344 g/mol. The minimum absolute atomic E-state index is 0.0550. The summed E-state index contributed by atoms with van der Waals surface area (Å²) in [7, 11) is 1.62. The maximum absolute atomic E-state index is 12.7. The average molecular weight is 373 g/mol. The first-order chi connectivity index (χ1) is 12.5. The molecule has 0 heterocycles. The molecule has 0 spiro atoms. The number of alkyl halides is 2. The van der Waals surface area contributed by atoms with Gasteiger partial charge in [0.25, 0.3) is 0 Å². The van der Waals surface area contributed by atoms with E-state index in [1.165, 1.54) is 6.07 Å². The minimum atomic E-state index is -2.91. The average Bonchev–Trinajstić information content (AvgIpc) is 2.58. The van der Waals surface area contributed by atoms with E-state index in [1.807, 2.05) is 20.8 Å². The van der Waals surface area contributed by atoms with Crippen LogP contribution in [0.5, 0.6) is 11.5 Å². The Balaban J connectivity index is 2.92. The highest BCUT2D eigenvalue weighted by Gasteiger charge is 2.12. The van der Waals surface area contributed by atoms with E-state index in [-0.39, 0.29) is 18.3 Å². The van der Waals surface area contributed by atoms with E-state index in [1.54, 1.807) is 19.2 Å². The molecule has 0 aliphatic carbocycles. The van der Waals surface area contributed by atoms with Gasteiger partial charge in [0, 0.05) is 31.3 Å². The first-order valence-electron chi connectivity index (χ1n) is 8.74. The molecule has 0 fully saturated rings. The quantitative estimate of drug-likeness (QED) is 0.461. The van der Waals surface area contributed by atoms with E-state index in [0.29, 0.717) is 37.0 Å². The molecule has 6 nitrogen and oxygen atoms in total. The molecule has 26 heavy (non-hydrogen) atoms. The molecule has 0 aliphatic rings. The zero-order valence-electron chi connectivity index (χ0n) is 15.9. The maximum Gasteiger partial charge on any atom is 0.387 e. The van der Waals surface area contributed by atoms with Crippen LogP contribution in [-0.4, -0.2) is 45.5 Å². The van der Waals surface area contributed by atoms with Crippen molar-refractivity contribution in [1.29, 1.82) is 0 Å². The van der Waals surface area contributed by atoms with Gasteiger partial charge >= 0.3 is 6.61 Å². The van der Waals surface area contributed by atoms with Gasteiger partial charge in [-0.2, -0.15) is 8.78 Å². The van der Waals surface area contributed by atoms with Crippen LogP contribution in [0.4, 0.5) is 8.78 Å². The zero-order chi connectivity index (χ0) is 19.4. The second kappa shape index (κ2) is 12.3. The van der Waals surface area contributed by atoms with Gasteiger partial charge in [-0.1, -0.05) is 6.92 Å². The van der Waals surface area contributed by atoms with Crippen LogP contribution in [0, 0.1) is 0 Å². The van der Waals surface area contributed by atoms with Gasteiger partial charge in [0.1, 0.15) is 11.5 Å². The Hall–Kier alpha value is -2.09. The lowest BCUT2D eigenvalue weighted by molar-refractivity contribution is -0.0505. The Kier molecular flexibility index (Phi) is 10.4. The number of rotatable bonds is 11. The summed E-state index contributed by atoms with van der Waals surface area (Å²) in [5.41, 5.74) is 0.547. The molecule has 1 rings (SSSR count). The van der Waals surface area contributed by atoms with Crippen LogP contribution in [-0.2, 0) is 11.3 Å². The number of hydrogen-bond acceptors (Lipinski definition) is 4. The number of guanidine groups is 1. The molecule has 0 bridgehead atoms. The summed E-state index contributed by atoms with van der Waals surface area (Å²) >= 11 is 0. The SMILES string of the molecule is CCCOc1ccc(CN=C(NCC)NC(C)COC)c(OC(F)F)c1. The van der Waals surface area contributed by atoms with Crippen molar-refractivity contribution < 1.29 is 23.0 Å². The molecule has 1 aromatic rings. The third-order valence-electron chi connectivity index (χ3n) is 3.28. The Morgan fingerprint density at radius 3 is 2.65 bits per heavy atom. The van der Waals surface area contributed by atoms with Crippen molar-refractivity contribution in [3.8, 4) is 11.5 Å². The van der Waals surface area contributed by atoms with E-state index < -0.39 is 6.61 Å². The highest BCUT2D eigenvalue weighted by Crippen LogP contribution is 2.27. The molecule has 0 aliphatic heterocycles. The third kappa shape index (κ3) is 8.33. The summed E-state index contributed by atoms with van der Waals surface area (Å²) in [5.74, 6) is 1.14. The van der Waals surface area contributed by atoms with E-state index in [9.17, 15) is 8.78 Å². The molecule has 1 aromatic carbocycles. The van der Waals surface area contributed by atoms with Crippen molar-refractivity contribution in [2.45, 2.75) is 46.4 Å². The highest BCUT2D eigenvalue weighted by atomic mass is 19.3. The lowest BCUT2D eigenvalue weighted by atomic mass is 10.2. The summed E-state index contributed by atoms with van der Waals surface area (Å²) in [5, 5.41) is 6.30. The molecule has 0 saturated heterocycles. The number of hydrogen-bond donors (Lipinski definition) is 2. The van der Waals surface area contributed by atoms with Gasteiger partial charge in [-0.3, -0.25) is 0 Å². The summed E-state index contributed by atoms with van der Waals surface area (Å²) < 4.78 is 40.6. The summed E-state index contributed by atoms with van der Waals surface area (Å²) in [4.78, 5) is 4.44. The van der Waals surface area contributed by atoms with Crippen molar-refractivity contribution in [1.82, 2.24) is 10.6 Å². The number of methoxy groups -OCH3 is 1. The van der Waals surface area contributed by atoms with Crippen LogP contribution in [0.3, 0.4) is 0 Å². The summed E-state index contributed by atoms with van der Waals surface area (Å²) in [6.45, 7) is 4.86. The van der Waals surface area contributed by atoms with Crippen LogP contribution < -0.4 is 20.1 Å². The molecular formula is C18H29F2N3O3. The fourth-order valence-electron chi connectivity index (χ4n) is 2.19. The van der Waals surface area contributed by atoms with E-state index in [2.05, 4.69) is 20.4 Å². The predicted octanol–water partition coefficient (Wildman–Crippen LogP) is 3.17. The lowest BCUT2D eigenvalue weighted by Crippen LogP contribution is -2.43. The van der Waals surface area contributed by atoms with Crippen LogP contribution in [0.15, 0.2) is 23.2 Å². The predicted molar refractivity (Wildman–Crippen MR) is 98.1 cm³/mol. The fourth-order valence-corrected chi connectivity index (χ4v) is 2.19. The highest BCUT2D eigenvalue weighted by molar-refractivity contribution is 5.80. The molecule has 0 radical (unpaired) electrons. The second-order valence-corrected chi connectivity index (χ2v) is 5.69. The normalized spacial score (nSPS) is 12.8. The topological polar surface area (TPSA) is 64.1 Å². The van der Waals surface area contributed by atoms with Crippen molar-refractivity contribution in [3.05, 3.63) is 23.8 Å². The van der Waals surface area contributed by atoms with Crippen LogP contribution in [0.1, 0.15) is 32.8 Å². The van der Waals surface area contributed by atoms with Crippen molar-refractivity contribution in [2.24, 2.45) is 4.99 Å². The first kappa shape index (κ1) is 22.0. The molecule has 1 unspecified atom stereocenters. The number of nitrogens with one attached hydrogen (secondary N) is 2. The van der Waals surface area contributed by atoms with Crippen molar-refractivity contribution >= 4 is 5.96 Å². The smallest absolute Gasteiger partial charge is 0.387 e. The Morgan fingerprint density at radius 2 is 2.04 bits per heavy atom. The van der Waals surface area contributed by atoms with Crippen molar-refractivity contribution in [2.75, 3.05) is 26.9 Å². The van der Waals surface area contributed by atoms with Crippen LogP contribution in [0.2, 0.25) is 0 Å². The number of nitrogens with zero attached hydrogens (tertiary/aromatic N) is 1. The number of aliphatic imine (C=N–C) groups is 1. The Labute approximate surface area is 153 Å². The molecule has 0 saturated carbocycles. The Morgan fingerprint density at radius 1 is 1.27 bits per heavy atom. The molecule has 0 aromatic heterocycles. The molecule has 2 N–H and O–H groups in total. The van der Waals surface area contributed by atoms with E-state index >= 15 is 0 Å².